The SMILES string of the molecule is CCCCCCCCCCCCCCCCCCCCC(C)(C)c1ccc(Sc2ccc(C(C)(C)CCCCCCCCCCCCCCCCCCCC)cc2)cc1. The Bertz CT molecular complexity index is 1080. The second-order valence-corrected chi connectivity index (χ2v) is 21.6. The standard InChI is InChI=1S/C58H102S/c1-7-9-11-13-15-17-19-21-23-25-27-29-31-33-35-37-39-41-51-57(3,4)53-43-47-55(48-44-53)59-56-49-45-54(46-50-56)58(5,6)52-42-40-38-36-34-32-30-28-26-24-22-20-18-16-14-12-10-8-2/h43-50H,7-42,51-52H2,1-6H3. The average Bonchev–Trinajstić information content (AvgIpc) is 3.23. The molecule has 2 rings (SSSR count). The Labute approximate surface area is 375 Å². The molecule has 0 spiro atoms. The second kappa shape index (κ2) is 36.3. The van der Waals surface area contributed by atoms with Gasteiger partial charge in [-0.15, -0.1) is 0 Å². The topological polar surface area (TPSA) is 0 Å². The van der Waals surface area contributed by atoms with Crippen LogP contribution in [-0.2, 0) is 10.8 Å². The zero-order valence-corrected chi connectivity index (χ0v) is 41.7. The van der Waals surface area contributed by atoms with Gasteiger partial charge in [0, 0.05) is 9.79 Å². The van der Waals surface area contributed by atoms with Gasteiger partial charge in [0.05, 0.1) is 0 Å². The van der Waals surface area contributed by atoms with Crippen molar-refractivity contribution in [1.29, 1.82) is 0 Å². The first-order valence-electron chi connectivity index (χ1n) is 26.7. The predicted octanol–water partition coefficient (Wildman–Crippen LogP) is 21.3. The first-order valence-corrected chi connectivity index (χ1v) is 27.5. The predicted molar refractivity (Wildman–Crippen MR) is 270 cm³/mol. The highest BCUT2D eigenvalue weighted by atomic mass is 32.2. The zero-order chi connectivity index (χ0) is 42.5. The fourth-order valence-corrected chi connectivity index (χ4v) is 10.1. The minimum atomic E-state index is 0.247. The van der Waals surface area contributed by atoms with E-state index in [4.69, 9.17) is 0 Å². The third-order valence-electron chi connectivity index (χ3n) is 13.8. The summed E-state index contributed by atoms with van der Waals surface area (Å²) in [4.78, 5) is 2.70. The van der Waals surface area contributed by atoms with Gasteiger partial charge in [0.25, 0.3) is 0 Å². The summed E-state index contributed by atoms with van der Waals surface area (Å²) in [6, 6.07) is 19.0. The molecular weight excluding hydrogens is 729 g/mol. The summed E-state index contributed by atoms with van der Waals surface area (Å²) in [5, 5.41) is 0. The Kier molecular flexibility index (Phi) is 33.2. The number of hydrogen-bond acceptors (Lipinski definition) is 1. The van der Waals surface area contributed by atoms with Crippen molar-refractivity contribution in [2.45, 2.75) is 306 Å². The molecule has 0 aliphatic rings. The van der Waals surface area contributed by atoms with Gasteiger partial charge in [0.15, 0.2) is 0 Å². The molecule has 0 aliphatic carbocycles. The molecule has 0 amide bonds. The van der Waals surface area contributed by atoms with Crippen LogP contribution in [0.4, 0.5) is 0 Å². The third-order valence-corrected chi connectivity index (χ3v) is 14.8. The number of rotatable bonds is 42. The lowest BCUT2D eigenvalue weighted by molar-refractivity contribution is 0.440. The molecule has 0 saturated heterocycles. The van der Waals surface area contributed by atoms with E-state index in [1.165, 1.54) is 265 Å². The van der Waals surface area contributed by atoms with Gasteiger partial charge in [0.1, 0.15) is 0 Å². The van der Waals surface area contributed by atoms with Gasteiger partial charge in [-0.05, 0) is 59.1 Å². The van der Waals surface area contributed by atoms with Crippen LogP contribution in [-0.4, -0.2) is 0 Å². The van der Waals surface area contributed by atoms with Crippen LogP contribution in [0.1, 0.15) is 297 Å². The van der Waals surface area contributed by atoms with E-state index in [0.717, 1.165) is 0 Å². The maximum absolute atomic E-state index is 2.45. The van der Waals surface area contributed by atoms with E-state index >= 15 is 0 Å². The summed E-state index contributed by atoms with van der Waals surface area (Å²) in [7, 11) is 0. The molecule has 340 valence electrons. The van der Waals surface area contributed by atoms with Crippen LogP contribution >= 0.6 is 11.8 Å². The van der Waals surface area contributed by atoms with Crippen LogP contribution in [0.2, 0.25) is 0 Å². The van der Waals surface area contributed by atoms with Crippen molar-refractivity contribution in [2.24, 2.45) is 0 Å². The molecule has 0 atom stereocenters. The number of unbranched alkanes of at least 4 members (excludes halogenated alkanes) is 34. The lowest BCUT2D eigenvalue weighted by Crippen LogP contribution is -2.16. The molecule has 0 unspecified atom stereocenters. The molecule has 59 heavy (non-hydrogen) atoms. The summed E-state index contributed by atoms with van der Waals surface area (Å²) in [6.07, 6.45) is 54.5. The maximum Gasteiger partial charge on any atom is 0.0122 e. The molecule has 0 saturated carbocycles. The van der Waals surface area contributed by atoms with Crippen LogP contribution in [0.15, 0.2) is 58.3 Å². The van der Waals surface area contributed by atoms with Crippen molar-refractivity contribution in [2.75, 3.05) is 0 Å². The second-order valence-electron chi connectivity index (χ2n) is 20.4. The molecule has 0 aliphatic heterocycles. The number of benzene rings is 2. The summed E-state index contributed by atoms with van der Waals surface area (Å²) >= 11 is 1.91. The minimum absolute atomic E-state index is 0.247. The van der Waals surface area contributed by atoms with Crippen LogP contribution in [0.25, 0.3) is 0 Å². The first kappa shape index (κ1) is 53.9. The van der Waals surface area contributed by atoms with Crippen LogP contribution in [0.5, 0.6) is 0 Å². The van der Waals surface area contributed by atoms with E-state index < -0.39 is 0 Å². The molecule has 2 aromatic carbocycles. The van der Waals surface area contributed by atoms with E-state index in [-0.39, 0.29) is 10.8 Å². The molecule has 0 heterocycles. The molecule has 2 aromatic rings. The fourth-order valence-electron chi connectivity index (χ4n) is 9.31. The minimum Gasteiger partial charge on any atom is -0.0901 e. The highest BCUT2D eigenvalue weighted by molar-refractivity contribution is 7.99. The maximum atomic E-state index is 2.45. The van der Waals surface area contributed by atoms with Gasteiger partial charge < -0.3 is 0 Å². The lowest BCUT2D eigenvalue weighted by atomic mass is 9.80. The quantitative estimate of drug-likeness (QED) is 0.0601. The molecule has 0 fully saturated rings. The number of hydrogen-bond donors (Lipinski definition) is 0. The van der Waals surface area contributed by atoms with Crippen molar-refractivity contribution >= 4 is 11.8 Å². The van der Waals surface area contributed by atoms with Crippen molar-refractivity contribution in [1.82, 2.24) is 0 Å². The fraction of sp³-hybridized carbons (Fsp3) is 0.793. The summed E-state index contributed by atoms with van der Waals surface area (Å²) < 4.78 is 0. The lowest BCUT2D eigenvalue weighted by Gasteiger charge is -2.26. The van der Waals surface area contributed by atoms with E-state index in [2.05, 4.69) is 90.1 Å². The Hall–Kier alpha value is -1.21. The van der Waals surface area contributed by atoms with Crippen LogP contribution < -0.4 is 0 Å². The zero-order valence-electron chi connectivity index (χ0n) is 40.9. The largest absolute Gasteiger partial charge is 0.0901 e. The Morgan fingerprint density at radius 1 is 0.271 bits per heavy atom. The monoisotopic (exact) mass is 831 g/mol. The molecule has 0 nitrogen and oxygen atoms in total. The summed E-state index contributed by atoms with van der Waals surface area (Å²) in [6.45, 7) is 14.4. The summed E-state index contributed by atoms with van der Waals surface area (Å²) in [5.74, 6) is 0. The van der Waals surface area contributed by atoms with Gasteiger partial charge in [-0.1, -0.05) is 309 Å². The van der Waals surface area contributed by atoms with Crippen molar-refractivity contribution in [3.05, 3.63) is 59.7 Å². The molecular formula is C58H102S. The van der Waals surface area contributed by atoms with Gasteiger partial charge in [0.2, 0.25) is 0 Å². The first-order chi connectivity index (χ1) is 28.8. The van der Waals surface area contributed by atoms with E-state index in [9.17, 15) is 0 Å². The van der Waals surface area contributed by atoms with Gasteiger partial charge >= 0.3 is 0 Å². The molecule has 0 bridgehead atoms. The highest BCUT2D eigenvalue weighted by Gasteiger charge is 2.21. The molecule has 0 aromatic heterocycles. The molecule has 1 heteroatoms. The molecule has 0 N–H and O–H groups in total. The van der Waals surface area contributed by atoms with Crippen molar-refractivity contribution in [3.8, 4) is 0 Å². The van der Waals surface area contributed by atoms with E-state index in [0.29, 0.717) is 0 Å². The summed E-state index contributed by atoms with van der Waals surface area (Å²) in [5.41, 5.74) is 3.48. The van der Waals surface area contributed by atoms with Gasteiger partial charge in [-0.3, -0.25) is 0 Å². The third kappa shape index (κ3) is 28.9. The average molecular weight is 832 g/mol. The van der Waals surface area contributed by atoms with Crippen LogP contribution in [0, 0.1) is 0 Å². The smallest absolute Gasteiger partial charge is 0.0122 e. The Morgan fingerprint density at radius 3 is 0.661 bits per heavy atom. The van der Waals surface area contributed by atoms with Crippen molar-refractivity contribution < 1.29 is 0 Å². The highest BCUT2D eigenvalue weighted by Crippen LogP contribution is 2.35. The molecule has 0 radical (unpaired) electrons. The van der Waals surface area contributed by atoms with Crippen LogP contribution in [0.3, 0.4) is 0 Å². The van der Waals surface area contributed by atoms with Gasteiger partial charge in [-0.25, -0.2) is 0 Å². The van der Waals surface area contributed by atoms with E-state index in [1.807, 2.05) is 11.8 Å². The Morgan fingerprint density at radius 2 is 0.458 bits per heavy atom. The van der Waals surface area contributed by atoms with E-state index in [1.54, 1.807) is 0 Å². The Balaban J connectivity index is 1.48. The van der Waals surface area contributed by atoms with Gasteiger partial charge in [-0.2, -0.15) is 0 Å². The normalized spacial score (nSPS) is 12.2. The van der Waals surface area contributed by atoms with Crippen molar-refractivity contribution in [3.63, 3.8) is 0 Å².